The molecule has 6 nitrogen and oxygen atoms in total. The topological polar surface area (TPSA) is 61.5 Å². The van der Waals surface area contributed by atoms with E-state index in [1.54, 1.807) is 18.9 Å². The normalized spacial score (nSPS) is 15.8. The van der Waals surface area contributed by atoms with Crippen molar-refractivity contribution < 1.29 is 9.47 Å². The van der Waals surface area contributed by atoms with Crippen LogP contribution in [0.3, 0.4) is 0 Å². The van der Waals surface area contributed by atoms with Gasteiger partial charge < -0.3 is 14.0 Å². The lowest BCUT2D eigenvalue weighted by Crippen LogP contribution is -2.17. The van der Waals surface area contributed by atoms with Crippen molar-refractivity contribution in [1.82, 2.24) is 14.8 Å². The van der Waals surface area contributed by atoms with Crippen LogP contribution in [0.15, 0.2) is 64.7 Å². The lowest BCUT2D eigenvalue weighted by atomic mass is 10.2. The average molecular weight is 443 g/mol. The maximum atomic E-state index is 6.41. The zero-order chi connectivity index (χ0) is 20.8. The van der Waals surface area contributed by atoms with Crippen LogP contribution in [0.25, 0.3) is 11.4 Å². The summed E-state index contributed by atoms with van der Waals surface area (Å²) in [6, 6.07) is 17.7. The Kier molecular flexibility index (Phi) is 7.04. The number of benzene rings is 2. The summed E-state index contributed by atoms with van der Waals surface area (Å²) in [5.41, 5.74) is 1.89. The fraction of sp³-hybridized carbons (Fsp3) is 0.318. The molecule has 0 bridgehead atoms. The second-order valence-corrected chi connectivity index (χ2v) is 8.24. The maximum absolute atomic E-state index is 6.41. The molecule has 3 aromatic rings. The van der Waals surface area contributed by atoms with E-state index in [1.165, 1.54) is 0 Å². The van der Waals surface area contributed by atoms with Gasteiger partial charge in [0.25, 0.3) is 0 Å². The minimum atomic E-state index is 0.0121. The Bertz CT molecular complexity index is 1010. The van der Waals surface area contributed by atoms with Gasteiger partial charge in [0.15, 0.2) is 11.0 Å². The summed E-state index contributed by atoms with van der Waals surface area (Å²) in [7, 11) is 1.71. The molecule has 0 unspecified atom stereocenters. The van der Waals surface area contributed by atoms with Gasteiger partial charge in [-0.15, -0.1) is 10.2 Å². The molecule has 1 atom stereocenters. The van der Waals surface area contributed by atoms with Crippen LogP contribution >= 0.6 is 23.4 Å². The monoisotopic (exact) mass is 442 g/mol. The van der Waals surface area contributed by atoms with Gasteiger partial charge in [-0.05, 0) is 30.7 Å². The van der Waals surface area contributed by atoms with E-state index in [2.05, 4.69) is 19.8 Å². The van der Waals surface area contributed by atoms with E-state index in [1.807, 2.05) is 54.6 Å². The zero-order valence-electron chi connectivity index (χ0n) is 16.7. The molecular formula is C22H23ClN4O2S. The molecule has 1 aliphatic heterocycles. The van der Waals surface area contributed by atoms with Gasteiger partial charge in [-0.2, -0.15) is 0 Å². The smallest absolute Gasteiger partial charge is 0.216 e. The molecule has 1 aliphatic rings. The minimum absolute atomic E-state index is 0.0121. The first-order chi connectivity index (χ1) is 14.8. The third-order valence-corrected chi connectivity index (χ3v) is 6.13. The predicted molar refractivity (Wildman–Crippen MR) is 120 cm³/mol. The van der Waals surface area contributed by atoms with Gasteiger partial charge in [0.2, 0.25) is 5.90 Å². The highest BCUT2D eigenvalue weighted by atomic mass is 35.5. The van der Waals surface area contributed by atoms with Crippen LogP contribution in [0.2, 0.25) is 5.02 Å². The summed E-state index contributed by atoms with van der Waals surface area (Å²) < 4.78 is 13.4. The Labute approximate surface area is 185 Å². The number of nitrogens with zero attached hydrogens (tertiary/aromatic N) is 4. The highest BCUT2D eigenvalue weighted by Crippen LogP contribution is 2.30. The van der Waals surface area contributed by atoms with Crippen LogP contribution in [-0.4, -0.2) is 52.8 Å². The third-order valence-electron chi connectivity index (χ3n) is 4.70. The molecule has 0 amide bonds. The average Bonchev–Trinajstić information content (AvgIpc) is 3.41. The predicted octanol–water partition coefficient (Wildman–Crippen LogP) is 4.57. The van der Waals surface area contributed by atoms with Crippen LogP contribution in [0.4, 0.5) is 0 Å². The molecule has 0 saturated carbocycles. The third kappa shape index (κ3) is 4.86. The van der Waals surface area contributed by atoms with Crippen molar-refractivity contribution in [3.8, 4) is 11.4 Å². The Balaban J connectivity index is 1.46. The van der Waals surface area contributed by atoms with Gasteiger partial charge in [-0.3, -0.25) is 0 Å². The van der Waals surface area contributed by atoms with Crippen LogP contribution in [-0.2, 0) is 16.0 Å². The van der Waals surface area contributed by atoms with Gasteiger partial charge in [0.1, 0.15) is 6.10 Å². The van der Waals surface area contributed by atoms with Crippen molar-refractivity contribution >= 4 is 29.3 Å². The summed E-state index contributed by atoms with van der Waals surface area (Å²) in [4.78, 5) is 4.55. The molecule has 0 N–H and O–H groups in total. The van der Waals surface area contributed by atoms with E-state index >= 15 is 0 Å². The molecule has 30 heavy (non-hydrogen) atoms. The Morgan fingerprint density at radius 2 is 1.93 bits per heavy atom. The Hall–Kier alpha value is -2.35. The number of aliphatic imine (C=N–C) groups is 1. The first-order valence-electron chi connectivity index (χ1n) is 9.82. The highest BCUT2D eigenvalue weighted by molar-refractivity contribution is 7.99. The fourth-order valence-corrected chi connectivity index (χ4v) is 4.38. The van der Waals surface area contributed by atoms with Gasteiger partial charge in [0, 0.05) is 37.1 Å². The number of hydrogen-bond donors (Lipinski definition) is 0. The molecule has 0 saturated heterocycles. The van der Waals surface area contributed by atoms with Crippen LogP contribution in [0.1, 0.15) is 12.0 Å². The van der Waals surface area contributed by atoms with E-state index in [4.69, 9.17) is 21.1 Å². The van der Waals surface area contributed by atoms with Crippen molar-refractivity contribution in [2.24, 2.45) is 4.99 Å². The van der Waals surface area contributed by atoms with E-state index in [-0.39, 0.29) is 6.10 Å². The molecule has 8 heteroatoms. The molecule has 2 aromatic carbocycles. The number of ether oxygens (including phenoxy) is 2. The highest BCUT2D eigenvalue weighted by Gasteiger charge is 2.23. The fourth-order valence-electron chi connectivity index (χ4n) is 3.22. The largest absolute Gasteiger partial charge is 0.471 e. The molecule has 0 spiro atoms. The van der Waals surface area contributed by atoms with Gasteiger partial charge >= 0.3 is 0 Å². The summed E-state index contributed by atoms with van der Waals surface area (Å²) in [6.07, 6.45) is 0.874. The molecule has 156 valence electrons. The Morgan fingerprint density at radius 3 is 2.73 bits per heavy atom. The van der Waals surface area contributed by atoms with Crippen molar-refractivity contribution in [3.63, 3.8) is 0 Å². The number of methoxy groups -OCH3 is 1. The number of hydrogen-bond acceptors (Lipinski definition) is 6. The number of thioether (sulfide) groups is 1. The zero-order valence-corrected chi connectivity index (χ0v) is 18.3. The molecular weight excluding hydrogens is 420 g/mol. The van der Waals surface area contributed by atoms with E-state index in [9.17, 15) is 0 Å². The van der Waals surface area contributed by atoms with Crippen molar-refractivity contribution in [3.05, 3.63) is 65.2 Å². The SMILES string of the molecule is COCCCn1c(SC[C@H]2CN=C(c3ccccc3)O2)nnc1-c1ccccc1Cl. The van der Waals surface area contributed by atoms with Crippen molar-refractivity contribution in [1.29, 1.82) is 0 Å². The molecule has 2 heterocycles. The molecule has 4 rings (SSSR count). The number of halogens is 1. The maximum Gasteiger partial charge on any atom is 0.216 e. The summed E-state index contributed by atoms with van der Waals surface area (Å²) in [6.45, 7) is 2.07. The van der Waals surface area contributed by atoms with E-state index in [0.29, 0.717) is 24.1 Å². The number of rotatable bonds is 9. The first-order valence-corrected chi connectivity index (χ1v) is 11.2. The lowest BCUT2D eigenvalue weighted by Gasteiger charge is -2.13. The molecule has 0 aliphatic carbocycles. The minimum Gasteiger partial charge on any atom is -0.471 e. The van der Waals surface area contributed by atoms with Gasteiger partial charge in [-0.1, -0.05) is 53.7 Å². The van der Waals surface area contributed by atoms with Crippen LogP contribution in [0.5, 0.6) is 0 Å². The standard InChI is InChI=1S/C22H23ClN4O2S/c1-28-13-7-12-27-20(18-10-5-6-11-19(18)23)25-26-22(27)30-15-17-14-24-21(29-17)16-8-3-2-4-9-16/h2-6,8-11,17H,7,12-15H2,1H3/t17-/m1/s1. The van der Waals surface area contributed by atoms with Gasteiger partial charge in [0.05, 0.1) is 11.6 Å². The Morgan fingerprint density at radius 1 is 1.13 bits per heavy atom. The van der Waals surface area contributed by atoms with Crippen molar-refractivity contribution in [2.75, 3.05) is 26.0 Å². The molecule has 0 radical (unpaired) electrons. The van der Waals surface area contributed by atoms with E-state index in [0.717, 1.165) is 40.8 Å². The molecule has 0 fully saturated rings. The van der Waals surface area contributed by atoms with Crippen LogP contribution in [0, 0.1) is 0 Å². The van der Waals surface area contributed by atoms with Crippen molar-refractivity contribution in [2.45, 2.75) is 24.2 Å². The van der Waals surface area contributed by atoms with Gasteiger partial charge in [-0.25, -0.2) is 4.99 Å². The number of aromatic nitrogens is 3. The molecule has 1 aromatic heterocycles. The summed E-state index contributed by atoms with van der Waals surface area (Å²) in [5, 5.41) is 10.4. The second kappa shape index (κ2) is 10.1. The quantitative estimate of drug-likeness (QED) is 0.358. The van der Waals surface area contributed by atoms with E-state index < -0.39 is 0 Å². The lowest BCUT2D eigenvalue weighted by molar-refractivity contribution is 0.189. The first kappa shape index (κ1) is 20.9. The second-order valence-electron chi connectivity index (χ2n) is 6.85. The van der Waals surface area contributed by atoms with Crippen LogP contribution < -0.4 is 0 Å². The summed E-state index contributed by atoms with van der Waals surface area (Å²) >= 11 is 8.04. The summed E-state index contributed by atoms with van der Waals surface area (Å²) in [5.74, 6) is 2.22.